The van der Waals surface area contributed by atoms with Crippen LogP contribution in [0.4, 0.5) is 0 Å². The standard InChI is InChI=1S/C15H23N3O4S/c1-16(2)23(21,22)10-11-8-17(9-14(11)19)15(20)13-4-3-7-18(13)12-5-6-12/h3-4,7,11-12,14,19H,5-6,8-10H2,1-2H3/t11-,14+/m0/s1. The minimum atomic E-state index is -3.40. The van der Waals surface area contributed by atoms with E-state index in [9.17, 15) is 18.3 Å². The van der Waals surface area contributed by atoms with Crippen molar-refractivity contribution in [2.24, 2.45) is 5.92 Å². The molecule has 2 aliphatic rings. The van der Waals surface area contributed by atoms with E-state index >= 15 is 0 Å². The molecule has 1 aromatic heterocycles. The van der Waals surface area contributed by atoms with Gasteiger partial charge in [-0.25, -0.2) is 12.7 Å². The number of β-amino-alcohol motifs (C(OH)–C–C–N with tert-alkyl or cyclic N) is 1. The molecule has 1 aromatic rings. The SMILES string of the molecule is CN(C)S(=O)(=O)C[C@@H]1CN(C(=O)c2cccn2C2CC2)C[C@H]1O. The zero-order valence-corrected chi connectivity index (χ0v) is 14.2. The van der Waals surface area contributed by atoms with Crippen LogP contribution in [-0.4, -0.2) is 72.2 Å². The lowest BCUT2D eigenvalue weighted by atomic mass is 10.1. The molecule has 2 atom stereocenters. The van der Waals surface area contributed by atoms with Crippen molar-refractivity contribution < 1.29 is 18.3 Å². The lowest BCUT2D eigenvalue weighted by Crippen LogP contribution is -2.34. The third kappa shape index (κ3) is 3.29. The quantitative estimate of drug-likeness (QED) is 0.826. The van der Waals surface area contributed by atoms with Crippen LogP contribution in [-0.2, 0) is 10.0 Å². The largest absolute Gasteiger partial charge is 0.391 e. The van der Waals surface area contributed by atoms with Crippen molar-refractivity contribution in [1.82, 2.24) is 13.8 Å². The maximum Gasteiger partial charge on any atom is 0.270 e. The Hall–Kier alpha value is -1.38. The molecule has 0 spiro atoms. The molecule has 0 bridgehead atoms. The zero-order chi connectivity index (χ0) is 16.8. The van der Waals surface area contributed by atoms with Gasteiger partial charge in [-0.2, -0.15) is 0 Å². The zero-order valence-electron chi connectivity index (χ0n) is 13.4. The van der Waals surface area contributed by atoms with Gasteiger partial charge in [-0.1, -0.05) is 0 Å². The number of amides is 1. The van der Waals surface area contributed by atoms with E-state index in [4.69, 9.17) is 0 Å². The molecule has 3 rings (SSSR count). The van der Waals surface area contributed by atoms with E-state index in [1.165, 1.54) is 14.1 Å². The van der Waals surface area contributed by atoms with Gasteiger partial charge in [-0.3, -0.25) is 4.79 Å². The predicted octanol–water partition coefficient (Wildman–Crippen LogP) is 0.147. The summed E-state index contributed by atoms with van der Waals surface area (Å²) >= 11 is 0. The van der Waals surface area contributed by atoms with Crippen molar-refractivity contribution >= 4 is 15.9 Å². The Bertz CT molecular complexity index is 693. The molecule has 1 N–H and O–H groups in total. The summed E-state index contributed by atoms with van der Waals surface area (Å²) in [7, 11) is -0.450. The van der Waals surface area contributed by atoms with E-state index in [-0.39, 0.29) is 24.7 Å². The van der Waals surface area contributed by atoms with Crippen LogP contribution in [0.3, 0.4) is 0 Å². The number of hydrogen-bond acceptors (Lipinski definition) is 4. The molecule has 1 saturated carbocycles. The average molecular weight is 341 g/mol. The van der Waals surface area contributed by atoms with Crippen LogP contribution in [0.15, 0.2) is 18.3 Å². The number of carbonyl (C=O) groups excluding carboxylic acids is 1. The molecule has 1 saturated heterocycles. The van der Waals surface area contributed by atoms with E-state index < -0.39 is 22.0 Å². The molecule has 2 heterocycles. The van der Waals surface area contributed by atoms with E-state index in [0.29, 0.717) is 11.7 Å². The van der Waals surface area contributed by atoms with Crippen molar-refractivity contribution in [1.29, 1.82) is 0 Å². The van der Waals surface area contributed by atoms with Gasteiger partial charge in [0.1, 0.15) is 5.69 Å². The van der Waals surface area contributed by atoms with Crippen LogP contribution < -0.4 is 0 Å². The smallest absolute Gasteiger partial charge is 0.270 e. The molecule has 8 heteroatoms. The highest BCUT2D eigenvalue weighted by Crippen LogP contribution is 2.36. The molecule has 1 aliphatic carbocycles. The predicted molar refractivity (Wildman–Crippen MR) is 85.6 cm³/mol. The Kier molecular flexibility index (Phi) is 4.24. The number of aliphatic hydroxyl groups excluding tert-OH is 1. The van der Waals surface area contributed by atoms with Crippen LogP contribution >= 0.6 is 0 Å². The second-order valence-electron chi connectivity index (χ2n) is 6.63. The molecular formula is C15H23N3O4S. The summed E-state index contributed by atoms with van der Waals surface area (Å²) in [6, 6.07) is 4.05. The van der Waals surface area contributed by atoms with Gasteiger partial charge < -0.3 is 14.6 Å². The molecule has 0 aromatic carbocycles. The summed E-state index contributed by atoms with van der Waals surface area (Å²) in [6.07, 6.45) is 3.27. The van der Waals surface area contributed by atoms with Gasteiger partial charge in [0.25, 0.3) is 5.91 Å². The summed E-state index contributed by atoms with van der Waals surface area (Å²) in [6.45, 7) is 0.450. The Morgan fingerprint density at radius 3 is 2.65 bits per heavy atom. The van der Waals surface area contributed by atoms with E-state index in [0.717, 1.165) is 17.1 Å². The lowest BCUT2D eigenvalue weighted by Gasteiger charge is -2.18. The Labute approximate surface area is 136 Å². The molecule has 128 valence electrons. The number of likely N-dealkylation sites (tertiary alicyclic amines) is 1. The third-order valence-electron chi connectivity index (χ3n) is 4.61. The van der Waals surface area contributed by atoms with Gasteiger partial charge in [-0.05, 0) is 25.0 Å². The second kappa shape index (κ2) is 5.92. The fourth-order valence-electron chi connectivity index (χ4n) is 3.01. The van der Waals surface area contributed by atoms with Gasteiger partial charge in [0.15, 0.2) is 0 Å². The summed E-state index contributed by atoms with van der Waals surface area (Å²) < 4.78 is 27.1. The first-order valence-corrected chi connectivity index (χ1v) is 9.45. The molecule has 2 fully saturated rings. The maximum atomic E-state index is 12.7. The van der Waals surface area contributed by atoms with Crippen LogP contribution in [0.25, 0.3) is 0 Å². The van der Waals surface area contributed by atoms with Crippen molar-refractivity contribution in [3.8, 4) is 0 Å². The van der Waals surface area contributed by atoms with Crippen molar-refractivity contribution in [3.05, 3.63) is 24.0 Å². The number of aliphatic hydroxyl groups is 1. The highest BCUT2D eigenvalue weighted by Gasteiger charge is 2.38. The van der Waals surface area contributed by atoms with Gasteiger partial charge in [0.05, 0.1) is 11.9 Å². The van der Waals surface area contributed by atoms with Crippen LogP contribution in [0.1, 0.15) is 29.4 Å². The number of carbonyl (C=O) groups is 1. The summed E-state index contributed by atoms with van der Waals surface area (Å²) in [5, 5.41) is 10.2. The fraction of sp³-hybridized carbons (Fsp3) is 0.667. The van der Waals surface area contributed by atoms with E-state index in [1.54, 1.807) is 11.0 Å². The fourth-order valence-corrected chi connectivity index (χ4v) is 4.18. The number of hydrogen-bond donors (Lipinski definition) is 1. The maximum absolute atomic E-state index is 12.7. The highest BCUT2D eigenvalue weighted by molar-refractivity contribution is 7.89. The van der Waals surface area contributed by atoms with Crippen LogP contribution in [0.5, 0.6) is 0 Å². The first-order chi connectivity index (χ1) is 10.8. The first kappa shape index (κ1) is 16.5. The minimum absolute atomic E-state index is 0.134. The molecule has 0 unspecified atom stereocenters. The minimum Gasteiger partial charge on any atom is -0.391 e. The van der Waals surface area contributed by atoms with E-state index in [1.807, 2.05) is 16.8 Å². The number of nitrogens with zero attached hydrogens (tertiary/aromatic N) is 3. The third-order valence-corrected chi connectivity index (χ3v) is 6.58. The van der Waals surface area contributed by atoms with Crippen molar-refractivity contribution in [2.75, 3.05) is 32.9 Å². The number of sulfonamides is 1. The number of aromatic nitrogens is 1. The monoisotopic (exact) mass is 341 g/mol. The molecule has 1 amide bonds. The summed E-state index contributed by atoms with van der Waals surface area (Å²) in [4.78, 5) is 14.3. The van der Waals surface area contributed by atoms with Gasteiger partial charge in [0, 0.05) is 45.3 Å². The lowest BCUT2D eigenvalue weighted by molar-refractivity contribution is 0.0754. The van der Waals surface area contributed by atoms with Crippen LogP contribution in [0, 0.1) is 5.92 Å². The summed E-state index contributed by atoms with van der Waals surface area (Å²) in [5.74, 6) is -0.726. The Morgan fingerprint density at radius 1 is 1.35 bits per heavy atom. The van der Waals surface area contributed by atoms with Gasteiger partial charge in [0.2, 0.25) is 10.0 Å². The molecule has 7 nitrogen and oxygen atoms in total. The molecular weight excluding hydrogens is 318 g/mol. The number of rotatable bonds is 5. The Balaban J connectivity index is 1.70. The normalized spacial score (nSPS) is 25.3. The second-order valence-corrected chi connectivity index (χ2v) is 8.86. The van der Waals surface area contributed by atoms with Crippen molar-refractivity contribution in [2.45, 2.75) is 25.0 Å². The molecule has 1 aliphatic heterocycles. The molecule has 23 heavy (non-hydrogen) atoms. The summed E-state index contributed by atoms with van der Waals surface area (Å²) in [5.41, 5.74) is 0.621. The topological polar surface area (TPSA) is 82.9 Å². The highest BCUT2D eigenvalue weighted by atomic mass is 32.2. The van der Waals surface area contributed by atoms with Crippen LogP contribution in [0.2, 0.25) is 0 Å². The van der Waals surface area contributed by atoms with Gasteiger partial charge >= 0.3 is 0 Å². The van der Waals surface area contributed by atoms with Crippen molar-refractivity contribution in [3.63, 3.8) is 0 Å². The first-order valence-electron chi connectivity index (χ1n) is 7.84. The van der Waals surface area contributed by atoms with E-state index in [2.05, 4.69) is 0 Å². The average Bonchev–Trinajstić information content (AvgIpc) is 3.10. The molecule has 0 radical (unpaired) electrons. The Morgan fingerprint density at radius 2 is 2.04 bits per heavy atom. The van der Waals surface area contributed by atoms with Gasteiger partial charge in [-0.15, -0.1) is 0 Å².